The zero-order chi connectivity index (χ0) is 42.6. The Balaban J connectivity index is 1.06. The van der Waals surface area contributed by atoms with Crippen molar-refractivity contribution in [3.8, 4) is 51.0 Å². The Morgan fingerprint density at radius 1 is 0.262 bits per heavy atom. The summed E-state index contributed by atoms with van der Waals surface area (Å²) in [6.07, 6.45) is 0. The van der Waals surface area contributed by atoms with Crippen molar-refractivity contribution in [1.82, 2.24) is 19.5 Å². The van der Waals surface area contributed by atoms with Crippen molar-refractivity contribution in [2.45, 2.75) is 0 Å². The molecular formula is C61H36N4. The molecule has 0 aliphatic heterocycles. The second kappa shape index (κ2) is 13.9. The van der Waals surface area contributed by atoms with Gasteiger partial charge in [0.1, 0.15) is 0 Å². The summed E-state index contributed by atoms with van der Waals surface area (Å²) in [6.45, 7) is 0. The normalized spacial score (nSPS) is 12.0. The summed E-state index contributed by atoms with van der Waals surface area (Å²) in [7, 11) is 0. The second-order valence-corrected chi connectivity index (χ2v) is 17.1. The minimum absolute atomic E-state index is 0.612. The van der Waals surface area contributed by atoms with Crippen LogP contribution in [0.5, 0.6) is 0 Å². The van der Waals surface area contributed by atoms with Crippen LogP contribution < -0.4 is 0 Å². The highest BCUT2D eigenvalue weighted by Crippen LogP contribution is 2.42. The molecule has 0 spiro atoms. The molecule has 65 heavy (non-hydrogen) atoms. The molecule has 14 rings (SSSR count). The first-order valence-electron chi connectivity index (χ1n) is 22.2. The zero-order valence-electron chi connectivity index (χ0n) is 35.1. The minimum Gasteiger partial charge on any atom is -0.309 e. The lowest BCUT2D eigenvalue weighted by Crippen LogP contribution is -2.02. The molecule has 0 fully saturated rings. The van der Waals surface area contributed by atoms with Gasteiger partial charge < -0.3 is 4.57 Å². The zero-order valence-corrected chi connectivity index (χ0v) is 35.1. The van der Waals surface area contributed by atoms with Crippen molar-refractivity contribution in [2.75, 3.05) is 0 Å². The van der Waals surface area contributed by atoms with Gasteiger partial charge in [-0.15, -0.1) is 0 Å². The van der Waals surface area contributed by atoms with E-state index in [4.69, 9.17) is 15.0 Å². The number of para-hydroxylation sites is 2. The quantitative estimate of drug-likeness (QED) is 0.162. The van der Waals surface area contributed by atoms with Gasteiger partial charge in [-0.1, -0.05) is 176 Å². The van der Waals surface area contributed by atoms with Crippen LogP contribution in [0.3, 0.4) is 0 Å². The fourth-order valence-corrected chi connectivity index (χ4v) is 10.6. The van der Waals surface area contributed by atoms with Crippen LogP contribution >= 0.6 is 0 Å². The fourth-order valence-electron chi connectivity index (χ4n) is 10.6. The largest absolute Gasteiger partial charge is 0.309 e. The first-order chi connectivity index (χ1) is 32.2. The van der Waals surface area contributed by atoms with Gasteiger partial charge in [0.2, 0.25) is 0 Å². The minimum atomic E-state index is 0.612. The Morgan fingerprint density at radius 3 is 1.43 bits per heavy atom. The standard InChI is InChI=1S/C61H36N4/c1-2-13-40(14-3-1)59-62-60(64-61(63-59)53-32-28-39-26-25-37-15-12-16-38-27-31-52(53)58(39)57(37)38)43-33-42(34-44(35-43)65-55-23-10-8-21-50(55)51-22-9-11-24-56(51)65)41-29-30-49-47-19-5-4-17-45(47)46-18-6-7-20-48(46)54(49)36-41/h1-36H. The van der Waals surface area contributed by atoms with E-state index in [0.717, 1.165) is 49.9 Å². The maximum absolute atomic E-state index is 5.46. The third-order valence-corrected chi connectivity index (χ3v) is 13.5. The van der Waals surface area contributed by atoms with Crippen LogP contribution in [0.25, 0.3) is 137 Å². The van der Waals surface area contributed by atoms with Gasteiger partial charge in [-0.3, -0.25) is 0 Å². The van der Waals surface area contributed by atoms with Gasteiger partial charge in [0.25, 0.3) is 0 Å². The molecule has 0 bridgehead atoms. The summed E-state index contributed by atoms with van der Waals surface area (Å²) in [6, 6.07) is 78.8. The highest BCUT2D eigenvalue weighted by atomic mass is 15.0. The third-order valence-electron chi connectivity index (χ3n) is 13.5. The van der Waals surface area contributed by atoms with Crippen LogP contribution in [0.1, 0.15) is 0 Å². The van der Waals surface area contributed by atoms with Crippen LogP contribution in [-0.2, 0) is 0 Å². The van der Waals surface area contributed by atoms with Crippen molar-refractivity contribution in [3.05, 3.63) is 218 Å². The van der Waals surface area contributed by atoms with Gasteiger partial charge in [0.05, 0.1) is 11.0 Å². The molecule has 300 valence electrons. The third kappa shape index (κ3) is 5.47. The smallest absolute Gasteiger partial charge is 0.164 e. The van der Waals surface area contributed by atoms with Gasteiger partial charge >= 0.3 is 0 Å². The Kier molecular flexibility index (Phi) is 7.65. The molecule has 14 aromatic rings. The molecule has 0 aliphatic rings. The lowest BCUT2D eigenvalue weighted by Gasteiger charge is -2.16. The van der Waals surface area contributed by atoms with E-state index in [1.165, 1.54) is 70.0 Å². The summed E-state index contributed by atoms with van der Waals surface area (Å²) >= 11 is 0. The lowest BCUT2D eigenvalue weighted by atomic mass is 9.91. The van der Waals surface area contributed by atoms with Gasteiger partial charge in [-0.2, -0.15) is 0 Å². The molecular weight excluding hydrogens is 789 g/mol. The molecule has 0 amide bonds. The van der Waals surface area contributed by atoms with Gasteiger partial charge in [-0.25, -0.2) is 15.0 Å². The Hall–Kier alpha value is -8.73. The average molecular weight is 825 g/mol. The highest BCUT2D eigenvalue weighted by molar-refractivity contribution is 6.27. The van der Waals surface area contributed by atoms with Crippen molar-refractivity contribution < 1.29 is 0 Å². The van der Waals surface area contributed by atoms with Gasteiger partial charge in [0, 0.05) is 33.2 Å². The van der Waals surface area contributed by atoms with Crippen molar-refractivity contribution in [3.63, 3.8) is 0 Å². The number of hydrogen-bond acceptors (Lipinski definition) is 3. The summed E-state index contributed by atoms with van der Waals surface area (Å²) in [4.78, 5) is 16.1. The van der Waals surface area contributed by atoms with E-state index >= 15 is 0 Å². The number of nitrogens with zero attached hydrogens (tertiary/aromatic N) is 4. The molecule has 0 saturated heterocycles. The van der Waals surface area contributed by atoms with Crippen LogP contribution in [0.4, 0.5) is 0 Å². The van der Waals surface area contributed by atoms with E-state index in [2.05, 4.69) is 205 Å². The fraction of sp³-hybridized carbons (Fsp3) is 0. The molecule has 0 saturated carbocycles. The number of hydrogen-bond donors (Lipinski definition) is 0. The van der Waals surface area contributed by atoms with E-state index in [9.17, 15) is 0 Å². The summed E-state index contributed by atoms with van der Waals surface area (Å²) in [5.41, 5.74) is 8.32. The van der Waals surface area contributed by atoms with Crippen molar-refractivity contribution in [1.29, 1.82) is 0 Å². The van der Waals surface area contributed by atoms with E-state index in [0.29, 0.717) is 17.5 Å². The monoisotopic (exact) mass is 824 g/mol. The molecule has 0 radical (unpaired) electrons. The first-order valence-corrected chi connectivity index (χ1v) is 22.2. The molecule has 4 nitrogen and oxygen atoms in total. The van der Waals surface area contributed by atoms with E-state index in [-0.39, 0.29) is 0 Å². The molecule has 4 heteroatoms. The summed E-state index contributed by atoms with van der Waals surface area (Å²) in [5.74, 6) is 1.88. The van der Waals surface area contributed by atoms with Gasteiger partial charge in [0.15, 0.2) is 17.5 Å². The predicted molar refractivity (Wildman–Crippen MR) is 272 cm³/mol. The number of benzene rings is 12. The number of aromatic nitrogens is 4. The van der Waals surface area contributed by atoms with Gasteiger partial charge in [-0.05, 0) is 118 Å². The molecule has 2 heterocycles. The van der Waals surface area contributed by atoms with E-state index in [1.54, 1.807) is 0 Å². The summed E-state index contributed by atoms with van der Waals surface area (Å²) < 4.78 is 2.39. The molecule has 0 N–H and O–H groups in total. The summed E-state index contributed by atoms with van der Waals surface area (Å²) in [5, 5.41) is 17.2. The maximum Gasteiger partial charge on any atom is 0.164 e. The number of rotatable bonds is 5. The maximum atomic E-state index is 5.46. The second-order valence-electron chi connectivity index (χ2n) is 17.1. The van der Waals surface area contributed by atoms with E-state index in [1.807, 2.05) is 18.2 Å². The topological polar surface area (TPSA) is 43.6 Å². The van der Waals surface area contributed by atoms with Crippen LogP contribution in [0.2, 0.25) is 0 Å². The molecule has 0 atom stereocenters. The first kappa shape index (κ1) is 35.8. The van der Waals surface area contributed by atoms with Crippen LogP contribution in [-0.4, -0.2) is 19.5 Å². The molecule has 2 aromatic heterocycles. The number of fused-ring (bicyclic) bond motifs is 9. The molecule has 12 aromatic carbocycles. The average Bonchev–Trinajstić information content (AvgIpc) is 3.72. The highest BCUT2D eigenvalue weighted by Gasteiger charge is 2.20. The lowest BCUT2D eigenvalue weighted by molar-refractivity contribution is 1.07. The molecule has 0 aliphatic carbocycles. The predicted octanol–water partition coefficient (Wildman–Crippen LogP) is 16.0. The van der Waals surface area contributed by atoms with Crippen LogP contribution in [0.15, 0.2) is 218 Å². The van der Waals surface area contributed by atoms with Crippen molar-refractivity contribution >= 4 is 86.4 Å². The Morgan fingerprint density at radius 2 is 0.754 bits per heavy atom. The molecule has 0 unspecified atom stereocenters. The SMILES string of the molecule is c1ccc(-c2nc(-c3cc(-c4ccc5c6ccccc6c6ccccc6c5c4)cc(-n4c5ccccc5c5ccccc54)c3)nc(-c3ccc4ccc5cccc6ccc3c4c56)n2)cc1. The Bertz CT molecular complexity index is 4140. The van der Waals surface area contributed by atoms with Crippen LogP contribution in [0, 0.1) is 0 Å². The van der Waals surface area contributed by atoms with E-state index < -0.39 is 0 Å². The van der Waals surface area contributed by atoms with Crippen molar-refractivity contribution in [2.24, 2.45) is 0 Å². The Labute approximate surface area is 373 Å².